The van der Waals surface area contributed by atoms with Crippen LogP contribution in [0.3, 0.4) is 0 Å². The van der Waals surface area contributed by atoms with Crippen LogP contribution in [-0.4, -0.2) is 70.8 Å². The van der Waals surface area contributed by atoms with Crippen LogP contribution in [0.4, 0.5) is 13.6 Å². The normalized spacial score (nSPS) is 17.2. The Morgan fingerprint density at radius 3 is 2.26 bits per heavy atom. The van der Waals surface area contributed by atoms with Gasteiger partial charge in [0.1, 0.15) is 27.9 Å². The fourth-order valence-corrected chi connectivity index (χ4v) is 6.74. The molecule has 2 aromatic carbocycles. The molecule has 1 aromatic heterocycles. The van der Waals surface area contributed by atoms with Gasteiger partial charge in [-0.25, -0.2) is 13.6 Å². The van der Waals surface area contributed by atoms with E-state index < -0.39 is 36.4 Å². The Kier molecular flexibility index (Phi) is 9.71. The third-order valence-electron chi connectivity index (χ3n) is 7.42. The number of ether oxygens (including phenoxy) is 2. The van der Waals surface area contributed by atoms with Gasteiger partial charge in [0.25, 0.3) is 5.91 Å². The van der Waals surface area contributed by atoms with Crippen LogP contribution in [-0.2, 0) is 11.3 Å². The number of rotatable bonds is 7. The van der Waals surface area contributed by atoms with Crippen LogP contribution in [0.5, 0.6) is 5.75 Å². The van der Waals surface area contributed by atoms with E-state index in [2.05, 4.69) is 0 Å². The zero-order chi connectivity index (χ0) is 30.9. The summed E-state index contributed by atoms with van der Waals surface area (Å²) in [7, 11) is 1.42. The van der Waals surface area contributed by atoms with E-state index in [4.69, 9.17) is 21.1 Å². The Morgan fingerprint density at radius 2 is 1.69 bits per heavy atom. The first-order valence-corrected chi connectivity index (χ1v) is 14.8. The molecule has 1 aliphatic carbocycles. The first-order valence-electron chi connectivity index (χ1n) is 13.6. The van der Waals surface area contributed by atoms with Crippen LogP contribution >= 0.6 is 22.9 Å². The summed E-state index contributed by atoms with van der Waals surface area (Å²) < 4.78 is 40.2. The number of carbonyl (C=O) groups excluding carboxylic acids is 2. The summed E-state index contributed by atoms with van der Waals surface area (Å²) in [6, 6.07) is 6.17. The average molecular weight is 623 g/mol. The predicted molar refractivity (Wildman–Crippen MR) is 159 cm³/mol. The van der Waals surface area contributed by atoms with Crippen molar-refractivity contribution in [1.29, 1.82) is 0 Å². The number of amides is 2. The highest BCUT2D eigenvalue weighted by Gasteiger charge is 2.35. The highest BCUT2D eigenvalue weighted by Crippen LogP contribution is 2.40. The number of fused-ring (bicyclic) bond motifs is 1. The molecule has 226 valence electrons. The van der Waals surface area contributed by atoms with Crippen LogP contribution in [0.1, 0.15) is 61.7 Å². The first kappa shape index (κ1) is 32.0. The van der Waals surface area contributed by atoms with Gasteiger partial charge in [-0.05, 0) is 70.1 Å². The van der Waals surface area contributed by atoms with E-state index in [1.807, 2.05) is 0 Å². The van der Waals surface area contributed by atoms with E-state index in [9.17, 15) is 28.4 Å². The second-order valence-electron chi connectivity index (χ2n) is 11.4. The Morgan fingerprint density at radius 1 is 1.07 bits per heavy atom. The number of nitrogens with zero attached hydrogens (tertiary/aromatic N) is 2. The van der Waals surface area contributed by atoms with Crippen molar-refractivity contribution in [2.24, 2.45) is 0 Å². The van der Waals surface area contributed by atoms with Gasteiger partial charge in [0.2, 0.25) is 0 Å². The Balaban J connectivity index is 1.67. The van der Waals surface area contributed by atoms with Crippen LogP contribution in [0, 0.1) is 11.6 Å². The van der Waals surface area contributed by atoms with Crippen molar-refractivity contribution in [2.45, 2.75) is 70.7 Å². The lowest BCUT2D eigenvalue weighted by atomic mass is 9.79. The van der Waals surface area contributed by atoms with Gasteiger partial charge in [0.05, 0.1) is 22.2 Å². The zero-order valence-electron chi connectivity index (χ0n) is 24.1. The molecule has 0 saturated heterocycles. The van der Waals surface area contributed by atoms with Gasteiger partial charge in [-0.3, -0.25) is 4.79 Å². The number of hydrogen-bond donors (Lipinski definition) is 2. The van der Waals surface area contributed by atoms with Crippen LogP contribution < -0.4 is 10.2 Å². The molecule has 0 spiro atoms. The molecule has 42 heavy (non-hydrogen) atoms. The minimum absolute atomic E-state index is 0.000905. The SMILES string of the molecule is COc1ccc(B(O)O)cc1CN(C(=O)c1sc2c(F)ccc(F)c2c1Cl)C1CCC(N(C)C(=O)OC(C)(C)C)CC1. The van der Waals surface area contributed by atoms with Crippen molar-refractivity contribution in [1.82, 2.24) is 9.80 Å². The molecule has 2 N–H and O–H groups in total. The van der Waals surface area contributed by atoms with Crippen LogP contribution in [0.25, 0.3) is 10.1 Å². The number of halogens is 3. The molecule has 0 bridgehead atoms. The fraction of sp³-hybridized carbons (Fsp3) is 0.448. The first-order chi connectivity index (χ1) is 19.7. The van der Waals surface area contributed by atoms with Crippen molar-refractivity contribution >= 4 is 57.6 Å². The molecule has 8 nitrogen and oxygen atoms in total. The van der Waals surface area contributed by atoms with Gasteiger partial charge >= 0.3 is 13.2 Å². The van der Waals surface area contributed by atoms with Crippen molar-refractivity contribution in [3.05, 3.63) is 57.4 Å². The molecule has 2 amide bonds. The molecule has 1 fully saturated rings. The number of hydrogen-bond acceptors (Lipinski definition) is 7. The molecule has 0 unspecified atom stereocenters. The maximum atomic E-state index is 14.6. The third kappa shape index (κ3) is 6.83. The van der Waals surface area contributed by atoms with Gasteiger partial charge in [-0.1, -0.05) is 23.7 Å². The third-order valence-corrected chi connectivity index (χ3v) is 9.09. The summed E-state index contributed by atoms with van der Waals surface area (Å²) in [4.78, 5) is 30.0. The smallest absolute Gasteiger partial charge is 0.488 e. The second-order valence-corrected chi connectivity index (χ2v) is 12.8. The van der Waals surface area contributed by atoms with E-state index in [-0.39, 0.29) is 44.1 Å². The van der Waals surface area contributed by atoms with Gasteiger partial charge in [-0.15, -0.1) is 11.3 Å². The van der Waals surface area contributed by atoms with E-state index in [1.54, 1.807) is 43.7 Å². The maximum Gasteiger partial charge on any atom is 0.488 e. The molecule has 1 heterocycles. The molecule has 1 aliphatic rings. The van der Waals surface area contributed by atoms with Crippen LogP contribution in [0.2, 0.25) is 5.02 Å². The van der Waals surface area contributed by atoms with Crippen molar-refractivity contribution in [3.8, 4) is 5.75 Å². The molecule has 0 radical (unpaired) electrons. The number of benzene rings is 2. The van der Waals surface area contributed by atoms with Crippen molar-refractivity contribution in [2.75, 3.05) is 14.2 Å². The minimum atomic E-state index is -1.74. The molecule has 0 atom stereocenters. The van der Waals surface area contributed by atoms with E-state index >= 15 is 0 Å². The number of methoxy groups -OCH3 is 1. The van der Waals surface area contributed by atoms with E-state index in [1.165, 1.54) is 19.2 Å². The molecule has 13 heteroatoms. The number of carbonyl (C=O) groups is 2. The Bertz CT molecular complexity index is 1470. The minimum Gasteiger partial charge on any atom is -0.496 e. The van der Waals surface area contributed by atoms with Gasteiger partial charge in [-0.2, -0.15) is 0 Å². The van der Waals surface area contributed by atoms with Gasteiger partial charge < -0.3 is 29.3 Å². The summed E-state index contributed by atoms with van der Waals surface area (Å²) >= 11 is 7.29. The lowest BCUT2D eigenvalue weighted by Gasteiger charge is -2.40. The molecular weight excluding hydrogens is 589 g/mol. The topological polar surface area (TPSA) is 99.5 Å². The van der Waals surface area contributed by atoms with Crippen molar-refractivity contribution in [3.63, 3.8) is 0 Å². The lowest BCUT2D eigenvalue weighted by molar-refractivity contribution is 0.0144. The lowest BCUT2D eigenvalue weighted by Crippen LogP contribution is -2.47. The molecule has 0 aliphatic heterocycles. The summed E-state index contributed by atoms with van der Waals surface area (Å²) in [5, 5.41) is 19.2. The molecular formula is C29H34BClF2N2O6S. The van der Waals surface area contributed by atoms with E-state index in [0.29, 0.717) is 37.0 Å². The highest BCUT2D eigenvalue weighted by atomic mass is 35.5. The summed E-state index contributed by atoms with van der Waals surface area (Å²) in [5.41, 5.74) is 0.0909. The van der Waals surface area contributed by atoms with Crippen LogP contribution in [0.15, 0.2) is 30.3 Å². The molecule has 4 rings (SSSR count). The fourth-order valence-electron chi connectivity index (χ4n) is 5.24. The molecule has 3 aromatic rings. The largest absolute Gasteiger partial charge is 0.496 e. The van der Waals surface area contributed by atoms with Gasteiger partial charge in [0, 0.05) is 31.2 Å². The Hall–Kier alpha value is -2.93. The quantitative estimate of drug-likeness (QED) is 0.345. The average Bonchev–Trinajstić information content (AvgIpc) is 3.30. The summed E-state index contributed by atoms with van der Waals surface area (Å²) in [6.07, 6.45) is 1.79. The summed E-state index contributed by atoms with van der Waals surface area (Å²) in [6.45, 7) is 5.41. The molecule has 1 saturated carbocycles. The van der Waals surface area contributed by atoms with E-state index in [0.717, 1.165) is 23.5 Å². The summed E-state index contributed by atoms with van der Waals surface area (Å²) in [5.74, 6) is -1.49. The number of thiophene rings is 1. The monoisotopic (exact) mass is 622 g/mol. The highest BCUT2D eigenvalue weighted by molar-refractivity contribution is 7.21. The Labute approximate surface area is 252 Å². The van der Waals surface area contributed by atoms with Crippen molar-refractivity contribution < 1.29 is 37.9 Å². The van der Waals surface area contributed by atoms with Gasteiger partial charge in [0.15, 0.2) is 0 Å². The standard InChI is InChI=1S/C29H34BClF2N2O6S/c1-29(2,3)41-28(37)34(4)18-7-9-19(10-8-18)35(15-16-14-17(30(38)39)6-13-22(16)40-5)27(36)26-24(31)23-20(32)11-12-21(33)25(23)42-26/h6,11-14,18-19,38-39H,7-10,15H2,1-5H3. The maximum absolute atomic E-state index is 14.6. The second kappa shape index (κ2) is 12.7. The zero-order valence-corrected chi connectivity index (χ0v) is 25.7. The predicted octanol–water partition coefficient (Wildman–Crippen LogP) is 5.34.